The fourth-order valence-electron chi connectivity index (χ4n) is 1.59. The van der Waals surface area contributed by atoms with Gasteiger partial charge in [-0.3, -0.25) is 0 Å². The molecule has 1 aromatic heterocycles. The molecule has 0 unspecified atom stereocenters. The highest BCUT2D eigenvalue weighted by atomic mass is 15.5. The molecule has 2 rings (SSSR count). The second-order valence-corrected chi connectivity index (χ2v) is 3.49. The summed E-state index contributed by atoms with van der Waals surface area (Å²) in [5.74, 6) is 0. The van der Waals surface area contributed by atoms with Crippen LogP contribution in [0.4, 0.5) is 0 Å². The number of aromatic nitrogens is 3. The van der Waals surface area contributed by atoms with Crippen molar-refractivity contribution in [3.63, 3.8) is 0 Å². The minimum atomic E-state index is 0.954. The van der Waals surface area contributed by atoms with Crippen molar-refractivity contribution >= 4 is 11.8 Å². The Labute approximate surface area is 83.5 Å². The topological polar surface area (TPSA) is 34.0 Å². The average molecular weight is 190 g/mol. The first-order valence-electron chi connectivity index (χ1n) is 4.72. The molecule has 1 aliphatic rings. The Balaban J connectivity index is 2.21. The maximum atomic E-state index is 4.28. The summed E-state index contributed by atoms with van der Waals surface area (Å²) in [6, 6.07) is 0. The quantitative estimate of drug-likeness (QED) is 0.700. The smallest absolute Gasteiger partial charge is 0.110 e. The van der Waals surface area contributed by atoms with E-state index in [0.29, 0.717) is 0 Å². The molecule has 0 saturated heterocycles. The Kier molecular flexibility index (Phi) is 2.45. The summed E-state index contributed by atoms with van der Waals surface area (Å²) < 4.78 is 0. The molecule has 0 saturated carbocycles. The second kappa shape index (κ2) is 3.75. The molecule has 0 spiro atoms. The predicted molar refractivity (Wildman–Crippen MR) is 56.5 cm³/mol. The van der Waals surface area contributed by atoms with Crippen LogP contribution in [0.15, 0.2) is 18.9 Å². The first-order valence-corrected chi connectivity index (χ1v) is 4.72. The van der Waals surface area contributed by atoms with Gasteiger partial charge < -0.3 is 4.90 Å². The molecule has 1 aromatic rings. The van der Waals surface area contributed by atoms with Gasteiger partial charge in [0, 0.05) is 19.3 Å². The maximum absolute atomic E-state index is 4.28. The van der Waals surface area contributed by atoms with Gasteiger partial charge in [0.15, 0.2) is 0 Å². The van der Waals surface area contributed by atoms with Crippen LogP contribution >= 0.6 is 0 Å². The van der Waals surface area contributed by atoms with Crippen molar-refractivity contribution in [2.24, 2.45) is 0 Å². The second-order valence-electron chi connectivity index (χ2n) is 3.49. The van der Waals surface area contributed by atoms with E-state index in [1.54, 1.807) is 12.4 Å². The summed E-state index contributed by atoms with van der Waals surface area (Å²) in [5, 5.41) is 8.34. The third-order valence-corrected chi connectivity index (χ3v) is 2.34. The highest BCUT2D eigenvalue weighted by molar-refractivity contribution is 5.63. The van der Waals surface area contributed by atoms with Gasteiger partial charge in [-0.25, -0.2) is 0 Å². The summed E-state index contributed by atoms with van der Waals surface area (Å²) in [6.07, 6.45) is 6.70. The average Bonchev–Trinajstić information content (AvgIpc) is 2.66. The van der Waals surface area contributed by atoms with E-state index in [0.717, 1.165) is 25.2 Å². The van der Waals surface area contributed by atoms with Crippen LogP contribution in [0.1, 0.15) is 12.1 Å². The van der Waals surface area contributed by atoms with Gasteiger partial charge in [0.25, 0.3) is 0 Å². The molecule has 4 heteroatoms. The molecule has 0 aromatic carbocycles. The van der Waals surface area contributed by atoms with E-state index < -0.39 is 0 Å². The molecule has 0 N–H and O–H groups in total. The summed E-state index contributed by atoms with van der Waals surface area (Å²) in [6.45, 7) is 5.69. The zero-order chi connectivity index (χ0) is 9.97. The number of nitrogens with zero attached hydrogens (tertiary/aromatic N) is 4. The third kappa shape index (κ3) is 1.75. The van der Waals surface area contributed by atoms with Crippen LogP contribution in [0.3, 0.4) is 0 Å². The zero-order valence-corrected chi connectivity index (χ0v) is 8.35. The molecule has 0 bridgehead atoms. The summed E-state index contributed by atoms with van der Waals surface area (Å²) in [4.78, 5) is 3.77. The number of hydrogen-bond acceptors (Lipinski definition) is 3. The van der Waals surface area contributed by atoms with E-state index in [9.17, 15) is 0 Å². The normalized spacial score (nSPS) is 17.9. The zero-order valence-electron chi connectivity index (χ0n) is 8.35. The van der Waals surface area contributed by atoms with Gasteiger partial charge in [-0.05, 0) is 19.0 Å². The largest absolute Gasteiger partial charge is 0.302 e. The Bertz CT molecular complexity index is 364. The number of hydrogen-bond donors (Lipinski definition) is 0. The minimum absolute atomic E-state index is 0.954. The van der Waals surface area contributed by atoms with E-state index in [2.05, 4.69) is 34.8 Å². The van der Waals surface area contributed by atoms with E-state index in [1.807, 2.05) is 0 Å². The molecule has 0 fully saturated rings. The molecular weight excluding hydrogens is 176 g/mol. The lowest BCUT2D eigenvalue weighted by Gasteiger charge is -2.21. The van der Waals surface area contributed by atoms with Crippen molar-refractivity contribution in [3.8, 4) is 0 Å². The maximum Gasteiger partial charge on any atom is 0.110 e. The van der Waals surface area contributed by atoms with Crippen molar-refractivity contribution in [1.29, 1.82) is 0 Å². The van der Waals surface area contributed by atoms with Gasteiger partial charge >= 0.3 is 0 Å². The monoisotopic (exact) mass is 190 g/mol. The van der Waals surface area contributed by atoms with Crippen LogP contribution in [0.2, 0.25) is 0 Å². The molecule has 0 amide bonds. The molecule has 0 aliphatic carbocycles. The van der Waals surface area contributed by atoms with Crippen molar-refractivity contribution in [2.45, 2.75) is 6.42 Å². The molecular formula is C10H14N4. The number of rotatable bonds is 2. The van der Waals surface area contributed by atoms with Crippen molar-refractivity contribution < 1.29 is 0 Å². The first kappa shape index (κ1) is 9.15. The van der Waals surface area contributed by atoms with Gasteiger partial charge in [0.1, 0.15) is 5.69 Å². The van der Waals surface area contributed by atoms with Crippen molar-refractivity contribution in [2.75, 3.05) is 20.1 Å². The molecule has 0 radical (unpaired) electrons. The molecule has 4 nitrogen and oxygen atoms in total. The Morgan fingerprint density at radius 3 is 3.07 bits per heavy atom. The molecule has 2 heterocycles. The fraction of sp³-hybridized carbons (Fsp3) is 0.400. The van der Waals surface area contributed by atoms with Crippen molar-refractivity contribution in [3.05, 3.63) is 24.5 Å². The van der Waals surface area contributed by atoms with E-state index in [4.69, 9.17) is 0 Å². The minimum Gasteiger partial charge on any atom is -0.302 e. The highest BCUT2D eigenvalue weighted by Gasteiger charge is 2.12. The number of likely N-dealkylation sites (N-methyl/N-ethyl adjacent to an activating group) is 1. The molecule has 14 heavy (non-hydrogen) atoms. The van der Waals surface area contributed by atoms with Crippen LogP contribution in [-0.4, -0.2) is 40.0 Å². The van der Waals surface area contributed by atoms with Crippen molar-refractivity contribution in [1.82, 2.24) is 19.9 Å². The molecule has 0 atom stereocenters. The highest BCUT2D eigenvalue weighted by Crippen LogP contribution is 2.16. The van der Waals surface area contributed by atoms with Gasteiger partial charge in [0.05, 0.1) is 6.20 Å². The summed E-state index contributed by atoms with van der Waals surface area (Å²) >= 11 is 0. The van der Waals surface area contributed by atoms with Gasteiger partial charge in [-0.1, -0.05) is 12.7 Å². The van der Waals surface area contributed by atoms with E-state index in [1.165, 1.54) is 10.4 Å². The SMILES string of the molecule is C=Cn1ncc(C2=CCCN(C)C2)n1. The predicted octanol–water partition coefficient (Wildman–Crippen LogP) is 1.10. The van der Waals surface area contributed by atoms with E-state index >= 15 is 0 Å². The van der Waals surface area contributed by atoms with Crippen LogP contribution in [0.25, 0.3) is 11.8 Å². The van der Waals surface area contributed by atoms with Crippen LogP contribution < -0.4 is 0 Å². The Morgan fingerprint density at radius 1 is 1.57 bits per heavy atom. The fourth-order valence-corrected chi connectivity index (χ4v) is 1.59. The van der Waals surface area contributed by atoms with Crippen LogP contribution in [0, 0.1) is 0 Å². The van der Waals surface area contributed by atoms with Crippen LogP contribution in [0.5, 0.6) is 0 Å². The van der Waals surface area contributed by atoms with Gasteiger partial charge in [-0.2, -0.15) is 9.90 Å². The van der Waals surface area contributed by atoms with Gasteiger partial charge in [-0.15, -0.1) is 5.10 Å². The standard InChI is InChI=1S/C10H14N4/c1-3-14-11-7-10(12-14)9-5-4-6-13(2)8-9/h3,5,7H,1,4,6,8H2,2H3. The van der Waals surface area contributed by atoms with E-state index in [-0.39, 0.29) is 0 Å². The summed E-state index contributed by atoms with van der Waals surface area (Å²) in [7, 11) is 2.12. The third-order valence-electron chi connectivity index (χ3n) is 2.34. The molecule has 74 valence electrons. The van der Waals surface area contributed by atoms with Crippen LogP contribution in [-0.2, 0) is 0 Å². The molecule has 1 aliphatic heterocycles. The lowest BCUT2D eigenvalue weighted by molar-refractivity contribution is 0.372. The Hall–Kier alpha value is -1.42. The summed E-state index contributed by atoms with van der Waals surface area (Å²) in [5.41, 5.74) is 2.21. The lowest BCUT2D eigenvalue weighted by Crippen LogP contribution is -2.25. The Morgan fingerprint density at radius 2 is 2.43 bits per heavy atom. The van der Waals surface area contributed by atoms with Gasteiger partial charge in [0.2, 0.25) is 0 Å². The lowest BCUT2D eigenvalue weighted by atomic mass is 10.1. The first-order chi connectivity index (χ1) is 6.79.